The maximum Gasteiger partial charge on any atom is 0.325 e. The van der Waals surface area contributed by atoms with Crippen LogP contribution >= 0.6 is 0 Å². The average Bonchev–Trinajstić information content (AvgIpc) is 2.60. The Labute approximate surface area is 104 Å². The summed E-state index contributed by atoms with van der Waals surface area (Å²) < 4.78 is 54.3. The Morgan fingerprint density at radius 2 is 2.16 bits per heavy atom. The standard InChI is InChI=1S/C11H8F4N2O2/c12-10(13)8-7-4-1-2-5(4)11(14,15)9(7)17(16-8)3-6(18)19/h1-2,4-5,10H,3H2,(H,18,19). The predicted octanol–water partition coefficient (Wildman–Crippen LogP) is 2.28. The molecule has 1 aromatic heterocycles. The molecule has 3 rings (SSSR count). The number of carboxylic acid groups (broad SMARTS) is 1. The topological polar surface area (TPSA) is 55.1 Å². The summed E-state index contributed by atoms with van der Waals surface area (Å²) in [6.07, 6.45) is -0.332. The minimum Gasteiger partial charge on any atom is -0.480 e. The highest BCUT2D eigenvalue weighted by atomic mass is 19.3. The number of aliphatic carboxylic acids is 1. The molecule has 2 unspecified atom stereocenters. The van der Waals surface area contributed by atoms with Crippen LogP contribution in [0.15, 0.2) is 12.2 Å². The molecule has 1 heterocycles. The zero-order valence-electron chi connectivity index (χ0n) is 9.36. The van der Waals surface area contributed by atoms with E-state index in [9.17, 15) is 22.4 Å². The second-order valence-corrected chi connectivity index (χ2v) is 4.56. The first-order chi connectivity index (χ1) is 8.84. The van der Waals surface area contributed by atoms with Gasteiger partial charge in [0.15, 0.2) is 0 Å². The molecule has 0 amide bonds. The summed E-state index contributed by atoms with van der Waals surface area (Å²) in [4.78, 5) is 10.6. The Hall–Kier alpha value is -1.86. The molecule has 2 aliphatic carbocycles. The van der Waals surface area contributed by atoms with Gasteiger partial charge in [0.1, 0.15) is 17.9 Å². The van der Waals surface area contributed by atoms with Crippen molar-refractivity contribution in [1.82, 2.24) is 9.78 Å². The molecule has 0 aliphatic heterocycles. The van der Waals surface area contributed by atoms with E-state index in [2.05, 4.69) is 5.10 Å². The number of nitrogens with zero attached hydrogens (tertiary/aromatic N) is 2. The molecule has 0 saturated heterocycles. The van der Waals surface area contributed by atoms with E-state index < -0.39 is 48.1 Å². The zero-order valence-corrected chi connectivity index (χ0v) is 9.36. The second-order valence-electron chi connectivity index (χ2n) is 4.56. The van der Waals surface area contributed by atoms with Crippen LogP contribution < -0.4 is 0 Å². The summed E-state index contributed by atoms with van der Waals surface area (Å²) in [5, 5.41) is 12.0. The van der Waals surface area contributed by atoms with Gasteiger partial charge in [-0.05, 0) is 0 Å². The summed E-state index contributed by atoms with van der Waals surface area (Å²) >= 11 is 0. The second kappa shape index (κ2) is 3.58. The van der Waals surface area contributed by atoms with Crippen molar-refractivity contribution < 1.29 is 27.5 Å². The predicted molar refractivity (Wildman–Crippen MR) is 54.1 cm³/mol. The molecule has 0 radical (unpaired) electrons. The fraction of sp³-hybridized carbons (Fsp3) is 0.455. The fourth-order valence-electron chi connectivity index (χ4n) is 2.69. The van der Waals surface area contributed by atoms with E-state index in [1.54, 1.807) is 0 Å². The maximum absolute atomic E-state index is 14.1. The number of carbonyl (C=O) groups is 1. The summed E-state index contributed by atoms with van der Waals surface area (Å²) in [7, 11) is 0. The lowest BCUT2D eigenvalue weighted by molar-refractivity contribution is -0.138. The Balaban J connectivity index is 2.20. The number of alkyl halides is 4. The summed E-state index contributed by atoms with van der Waals surface area (Å²) in [5.41, 5.74) is -1.65. The number of halogens is 4. The number of carboxylic acids is 1. The van der Waals surface area contributed by atoms with Gasteiger partial charge in [0.25, 0.3) is 12.3 Å². The van der Waals surface area contributed by atoms with Crippen molar-refractivity contribution >= 4 is 5.97 Å². The van der Waals surface area contributed by atoms with E-state index in [0.717, 1.165) is 0 Å². The minimum atomic E-state index is -3.36. The van der Waals surface area contributed by atoms with Crippen LogP contribution in [-0.2, 0) is 17.3 Å². The highest BCUT2D eigenvalue weighted by molar-refractivity contribution is 5.67. The van der Waals surface area contributed by atoms with Gasteiger partial charge in [0.2, 0.25) is 0 Å². The highest BCUT2D eigenvalue weighted by Crippen LogP contribution is 2.59. The lowest BCUT2D eigenvalue weighted by Crippen LogP contribution is -2.29. The van der Waals surface area contributed by atoms with Crippen LogP contribution in [0, 0.1) is 5.92 Å². The molecule has 0 spiro atoms. The first kappa shape index (κ1) is 12.2. The summed E-state index contributed by atoms with van der Waals surface area (Å²) in [5.74, 6) is -6.73. The Morgan fingerprint density at radius 3 is 2.63 bits per heavy atom. The molecule has 19 heavy (non-hydrogen) atoms. The third-order valence-corrected chi connectivity index (χ3v) is 3.49. The third-order valence-electron chi connectivity index (χ3n) is 3.49. The van der Waals surface area contributed by atoms with Gasteiger partial charge < -0.3 is 5.11 Å². The number of allylic oxidation sites excluding steroid dienone is 2. The molecular weight excluding hydrogens is 268 g/mol. The van der Waals surface area contributed by atoms with Crippen LogP contribution in [0.3, 0.4) is 0 Å². The number of rotatable bonds is 3. The largest absolute Gasteiger partial charge is 0.480 e. The lowest BCUT2D eigenvalue weighted by atomic mass is 9.81. The van der Waals surface area contributed by atoms with Crippen molar-refractivity contribution in [3.63, 3.8) is 0 Å². The van der Waals surface area contributed by atoms with Gasteiger partial charge in [0.05, 0.1) is 5.92 Å². The van der Waals surface area contributed by atoms with Crippen LogP contribution in [0.4, 0.5) is 17.6 Å². The molecular formula is C11H8F4N2O2. The fourth-order valence-corrected chi connectivity index (χ4v) is 2.69. The van der Waals surface area contributed by atoms with Crippen molar-refractivity contribution in [2.45, 2.75) is 24.8 Å². The number of hydrogen-bond donors (Lipinski definition) is 1. The molecule has 1 N–H and O–H groups in total. The van der Waals surface area contributed by atoms with Crippen molar-refractivity contribution in [1.29, 1.82) is 0 Å². The normalized spacial score (nSPS) is 26.2. The first-order valence-corrected chi connectivity index (χ1v) is 5.51. The zero-order chi connectivity index (χ0) is 13.9. The van der Waals surface area contributed by atoms with Crippen molar-refractivity contribution in [2.75, 3.05) is 0 Å². The maximum atomic E-state index is 14.1. The van der Waals surface area contributed by atoms with Crippen LogP contribution in [0.1, 0.15) is 29.3 Å². The van der Waals surface area contributed by atoms with Gasteiger partial charge in [-0.2, -0.15) is 13.9 Å². The first-order valence-electron chi connectivity index (χ1n) is 5.51. The quantitative estimate of drug-likeness (QED) is 0.680. The molecule has 4 nitrogen and oxygen atoms in total. The molecule has 0 saturated carbocycles. The SMILES string of the molecule is O=C(O)Cn1nc(C(F)F)c2c1C(F)(F)C1C=CC21. The van der Waals surface area contributed by atoms with E-state index >= 15 is 0 Å². The average molecular weight is 276 g/mol. The Morgan fingerprint density at radius 1 is 1.47 bits per heavy atom. The van der Waals surface area contributed by atoms with Crippen molar-refractivity contribution in [3.05, 3.63) is 29.1 Å². The van der Waals surface area contributed by atoms with Gasteiger partial charge in [0, 0.05) is 11.5 Å². The molecule has 102 valence electrons. The van der Waals surface area contributed by atoms with Gasteiger partial charge in [-0.1, -0.05) is 12.2 Å². The van der Waals surface area contributed by atoms with Crippen LogP contribution in [0.2, 0.25) is 0 Å². The highest BCUT2D eigenvalue weighted by Gasteiger charge is 2.59. The van der Waals surface area contributed by atoms with E-state index in [1.165, 1.54) is 12.2 Å². The van der Waals surface area contributed by atoms with E-state index in [1.807, 2.05) is 0 Å². The molecule has 2 atom stereocenters. The summed E-state index contributed by atoms with van der Waals surface area (Å²) in [6.45, 7) is -0.857. The number of fused-ring (bicyclic) bond motifs is 3. The molecule has 0 fully saturated rings. The third kappa shape index (κ3) is 1.45. The summed E-state index contributed by atoms with van der Waals surface area (Å²) in [6, 6.07) is 0. The smallest absolute Gasteiger partial charge is 0.325 e. The molecule has 2 aliphatic rings. The van der Waals surface area contributed by atoms with Crippen LogP contribution in [-0.4, -0.2) is 20.9 Å². The Bertz CT molecular complexity index is 594. The van der Waals surface area contributed by atoms with E-state index in [-0.39, 0.29) is 5.56 Å². The molecule has 1 aromatic rings. The number of hydrogen-bond acceptors (Lipinski definition) is 2. The van der Waals surface area contributed by atoms with E-state index in [4.69, 9.17) is 5.11 Å². The van der Waals surface area contributed by atoms with Gasteiger partial charge in [-0.3, -0.25) is 9.48 Å². The van der Waals surface area contributed by atoms with E-state index in [0.29, 0.717) is 4.68 Å². The molecule has 0 aromatic carbocycles. The number of aromatic nitrogens is 2. The Kier molecular flexibility index (Phi) is 2.30. The van der Waals surface area contributed by atoms with Gasteiger partial charge in [-0.15, -0.1) is 0 Å². The minimum absolute atomic E-state index is 0.214. The van der Waals surface area contributed by atoms with Crippen molar-refractivity contribution in [2.24, 2.45) is 5.92 Å². The molecule has 0 bridgehead atoms. The molecule has 8 heteroatoms. The lowest BCUT2D eigenvalue weighted by Gasteiger charge is -2.27. The van der Waals surface area contributed by atoms with Gasteiger partial charge >= 0.3 is 5.97 Å². The van der Waals surface area contributed by atoms with Crippen LogP contribution in [0.5, 0.6) is 0 Å². The van der Waals surface area contributed by atoms with Crippen LogP contribution in [0.25, 0.3) is 0 Å². The monoisotopic (exact) mass is 276 g/mol. The van der Waals surface area contributed by atoms with Gasteiger partial charge in [-0.25, -0.2) is 8.78 Å². The van der Waals surface area contributed by atoms with Crippen molar-refractivity contribution in [3.8, 4) is 0 Å².